The molecule has 0 saturated carbocycles. The van der Waals surface area contributed by atoms with E-state index < -0.39 is 0 Å². The number of esters is 1. The largest absolute Gasteiger partial charge is 0.465 e. The van der Waals surface area contributed by atoms with Crippen molar-refractivity contribution in [2.45, 2.75) is 18.8 Å². The molecular weight excluding hydrogens is 248 g/mol. The number of hydrogen-bond acceptors (Lipinski definition) is 2. The van der Waals surface area contributed by atoms with E-state index in [2.05, 4.69) is 6.92 Å². The van der Waals surface area contributed by atoms with E-state index in [-0.39, 0.29) is 11.9 Å². The lowest BCUT2D eigenvalue weighted by molar-refractivity contribution is -0.144. The molecule has 103 valence electrons. The Hall–Kier alpha value is -2.09. The highest BCUT2D eigenvalue weighted by atomic mass is 16.5. The summed E-state index contributed by atoms with van der Waals surface area (Å²) in [6.45, 7) is 4.18. The van der Waals surface area contributed by atoms with Crippen molar-refractivity contribution < 1.29 is 9.53 Å². The number of rotatable bonds is 6. The Morgan fingerprint density at radius 3 is 1.90 bits per heavy atom. The summed E-state index contributed by atoms with van der Waals surface area (Å²) < 4.78 is 5.37. The maximum absolute atomic E-state index is 12.4. The van der Waals surface area contributed by atoms with Gasteiger partial charge >= 0.3 is 5.97 Å². The highest BCUT2D eigenvalue weighted by Crippen LogP contribution is 2.25. The van der Waals surface area contributed by atoms with Gasteiger partial charge < -0.3 is 4.74 Å². The molecule has 0 aromatic heterocycles. The van der Waals surface area contributed by atoms with Crippen LogP contribution < -0.4 is 0 Å². The van der Waals surface area contributed by atoms with Crippen molar-refractivity contribution in [2.75, 3.05) is 6.61 Å². The quantitative estimate of drug-likeness (QED) is 0.584. The fourth-order valence-corrected chi connectivity index (χ4v) is 2.11. The lowest BCUT2D eigenvalue weighted by atomic mass is 9.91. The Labute approximate surface area is 120 Å². The van der Waals surface area contributed by atoms with E-state index >= 15 is 0 Å². The van der Waals surface area contributed by atoms with Gasteiger partial charge in [0, 0.05) is 0 Å². The van der Waals surface area contributed by atoms with Crippen LogP contribution in [0.1, 0.15) is 29.9 Å². The second-order valence-corrected chi connectivity index (χ2v) is 4.63. The molecule has 0 heterocycles. The molecule has 0 amide bonds. The summed E-state index contributed by atoms with van der Waals surface area (Å²) in [6, 6.07) is 19.5. The van der Waals surface area contributed by atoms with E-state index in [0.29, 0.717) is 6.61 Å². The second-order valence-electron chi connectivity index (χ2n) is 4.63. The van der Waals surface area contributed by atoms with Crippen molar-refractivity contribution in [3.63, 3.8) is 0 Å². The van der Waals surface area contributed by atoms with E-state index in [1.807, 2.05) is 60.7 Å². The van der Waals surface area contributed by atoms with Crippen LogP contribution in [0.3, 0.4) is 0 Å². The predicted molar refractivity (Wildman–Crippen MR) is 80.3 cm³/mol. The Morgan fingerprint density at radius 1 is 0.950 bits per heavy atom. The van der Waals surface area contributed by atoms with Gasteiger partial charge in [0.2, 0.25) is 0 Å². The molecular formula is C18H19O2. The molecule has 0 spiro atoms. The molecule has 0 fully saturated rings. The van der Waals surface area contributed by atoms with Crippen LogP contribution >= 0.6 is 0 Å². The maximum Gasteiger partial charge on any atom is 0.317 e. The van der Waals surface area contributed by atoms with Crippen molar-refractivity contribution in [1.82, 2.24) is 0 Å². The van der Waals surface area contributed by atoms with Crippen LogP contribution in [-0.2, 0) is 9.53 Å². The minimum absolute atomic E-state index is 0.198. The zero-order valence-electron chi connectivity index (χ0n) is 11.5. The van der Waals surface area contributed by atoms with Gasteiger partial charge in [-0.25, -0.2) is 0 Å². The van der Waals surface area contributed by atoms with E-state index in [4.69, 9.17) is 4.74 Å². The van der Waals surface area contributed by atoms with Crippen LogP contribution in [0.15, 0.2) is 60.7 Å². The molecule has 0 aliphatic heterocycles. The lowest BCUT2D eigenvalue weighted by Crippen LogP contribution is -2.17. The second kappa shape index (κ2) is 7.49. The smallest absolute Gasteiger partial charge is 0.317 e. The summed E-state index contributed by atoms with van der Waals surface area (Å²) in [7, 11) is 0. The summed E-state index contributed by atoms with van der Waals surface area (Å²) in [5.41, 5.74) is 1.91. The number of benzene rings is 2. The number of hydrogen-bond donors (Lipinski definition) is 0. The first kappa shape index (κ1) is 14.3. The summed E-state index contributed by atoms with van der Waals surface area (Å²) >= 11 is 0. The Morgan fingerprint density at radius 2 is 1.45 bits per heavy atom. The Bertz CT molecular complexity index is 480. The van der Waals surface area contributed by atoms with Crippen molar-refractivity contribution in [3.05, 3.63) is 78.7 Å². The highest BCUT2D eigenvalue weighted by molar-refractivity contribution is 5.82. The van der Waals surface area contributed by atoms with Crippen molar-refractivity contribution in [1.29, 1.82) is 0 Å². The molecule has 20 heavy (non-hydrogen) atoms. The van der Waals surface area contributed by atoms with Gasteiger partial charge in [-0.15, -0.1) is 0 Å². The first-order valence-corrected chi connectivity index (χ1v) is 6.88. The SMILES string of the molecule is [CH2]CCCOC(=O)C(c1ccccc1)c1ccccc1. The molecule has 0 atom stereocenters. The fraction of sp³-hybridized carbons (Fsp3) is 0.222. The van der Waals surface area contributed by atoms with E-state index in [1.54, 1.807) is 0 Å². The molecule has 2 aromatic carbocycles. The van der Waals surface area contributed by atoms with Gasteiger partial charge in [0.05, 0.1) is 6.61 Å². The molecule has 2 rings (SSSR count). The summed E-state index contributed by atoms with van der Waals surface area (Å²) in [5, 5.41) is 0. The summed E-state index contributed by atoms with van der Waals surface area (Å²) in [4.78, 5) is 12.4. The van der Waals surface area contributed by atoms with Gasteiger partial charge in [-0.1, -0.05) is 74.0 Å². The number of unbranched alkanes of at least 4 members (excludes halogenated alkanes) is 1. The van der Waals surface area contributed by atoms with Gasteiger partial charge in [0.1, 0.15) is 5.92 Å². The number of carbonyl (C=O) groups is 1. The monoisotopic (exact) mass is 267 g/mol. The first-order valence-electron chi connectivity index (χ1n) is 6.88. The molecule has 2 heteroatoms. The van der Waals surface area contributed by atoms with E-state index in [0.717, 1.165) is 24.0 Å². The third kappa shape index (κ3) is 3.70. The molecule has 0 aliphatic carbocycles. The van der Waals surface area contributed by atoms with Gasteiger partial charge in [-0.3, -0.25) is 4.79 Å². The van der Waals surface area contributed by atoms with Gasteiger partial charge in [0.15, 0.2) is 0 Å². The first-order chi connectivity index (χ1) is 9.83. The molecule has 2 nitrogen and oxygen atoms in total. The summed E-state index contributed by atoms with van der Waals surface area (Å²) in [5.74, 6) is -0.557. The maximum atomic E-state index is 12.4. The molecule has 2 aromatic rings. The van der Waals surface area contributed by atoms with Crippen LogP contribution in [0.25, 0.3) is 0 Å². The highest BCUT2D eigenvalue weighted by Gasteiger charge is 2.23. The molecule has 0 unspecified atom stereocenters. The van der Waals surface area contributed by atoms with Gasteiger partial charge in [0.25, 0.3) is 0 Å². The minimum atomic E-state index is -0.359. The van der Waals surface area contributed by atoms with Crippen LogP contribution in [0.4, 0.5) is 0 Å². The molecule has 0 saturated heterocycles. The van der Waals surface area contributed by atoms with E-state index in [9.17, 15) is 4.79 Å². The Balaban J connectivity index is 2.23. The van der Waals surface area contributed by atoms with Crippen molar-refractivity contribution >= 4 is 5.97 Å². The number of ether oxygens (including phenoxy) is 1. The minimum Gasteiger partial charge on any atom is -0.465 e. The predicted octanol–water partition coefficient (Wildman–Crippen LogP) is 3.98. The lowest BCUT2D eigenvalue weighted by Gasteiger charge is -2.17. The van der Waals surface area contributed by atoms with E-state index in [1.165, 1.54) is 0 Å². The standard InChI is InChI=1S/C18H19O2/c1-2-3-14-20-18(19)17(15-10-6-4-7-11-15)16-12-8-5-9-13-16/h4-13,17H,1-3,14H2. The average Bonchev–Trinajstić information content (AvgIpc) is 2.50. The van der Waals surface area contributed by atoms with Crippen molar-refractivity contribution in [3.8, 4) is 0 Å². The number of carbonyl (C=O) groups excluding carboxylic acids is 1. The average molecular weight is 267 g/mol. The van der Waals surface area contributed by atoms with Crippen LogP contribution in [0.2, 0.25) is 0 Å². The molecule has 0 N–H and O–H groups in total. The third-order valence-corrected chi connectivity index (χ3v) is 3.14. The van der Waals surface area contributed by atoms with Crippen LogP contribution in [0, 0.1) is 6.92 Å². The normalized spacial score (nSPS) is 10.5. The third-order valence-electron chi connectivity index (χ3n) is 3.14. The molecule has 0 bridgehead atoms. The van der Waals surface area contributed by atoms with Gasteiger partial charge in [-0.2, -0.15) is 0 Å². The summed E-state index contributed by atoms with van der Waals surface area (Å²) in [6.07, 6.45) is 1.57. The van der Waals surface area contributed by atoms with Crippen molar-refractivity contribution in [2.24, 2.45) is 0 Å². The zero-order valence-corrected chi connectivity index (χ0v) is 11.5. The van der Waals surface area contributed by atoms with Gasteiger partial charge in [-0.05, 0) is 17.5 Å². The molecule has 1 radical (unpaired) electrons. The van der Waals surface area contributed by atoms with Crippen LogP contribution in [-0.4, -0.2) is 12.6 Å². The molecule has 0 aliphatic rings. The Kier molecular flexibility index (Phi) is 5.36. The zero-order chi connectivity index (χ0) is 14.2. The fourth-order valence-electron chi connectivity index (χ4n) is 2.11. The topological polar surface area (TPSA) is 26.3 Å². The van der Waals surface area contributed by atoms with Crippen LogP contribution in [0.5, 0.6) is 0 Å².